The molecule has 0 saturated heterocycles. The Labute approximate surface area is 90.7 Å². The van der Waals surface area contributed by atoms with E-state index < -0.39 is 4.92 Å². The van der Waals surface area contributed by atoms with Gasteiger partial charge in [-0.2, -0.15) is 0 Å². The van der Waals surface area contributed by atoms with Gasteiger partial charge < -0.3 is 11.5 Å². The predicted octanol–water partition coefficient (Wildman–Crippen LogP) is 0.544. The van der Waals surface area contributed by atoms with Crippen LogP contribution >= 0.6 is 12.2 Å². The minimum atomic E-state index is -0.538. The van der Waals surface area contributed by atoms with Crippen LogP contribution < -0.4 is 11.5 Å². The number of hydrogen-bond acceptors (Lipinski definition) is 3. The lowest BCUT2D eigenvalue weighted by molar-refractivity contribution is -0.385. The molecule has 0 aliphatic rings. The van der Waals surface area contributed by atoms with E-state index in [-0.39, 0.29) is 22.2 Å². The molecule has 0 amide bonds. The normalized spacial score (nSPS) is 9.33. The van der Waals surface area contributed by atoms with Gasteiger partial charge in [-0.1, -0.05) is 24.4 Å². The summed E-state index contributed by atoms with van der Waals surface area (Å²) in [4.78, 5) is 13.7. The van der Waals surface area contributed by atoms with Crippen LogP contribution in [0.2, 0.25) is 0 Å². The maximum absolute atomic E-state index is 10.6. The fourth-order valence-corrected chi connectivity index (χ4v) is 1.27. The Morgan fingerprint density at radius 2 is 2.00 bits per heavy atom. The van der Waals surface area contributed by atoms with Gasteiger partial charge >= 0.3 is 0 Å². The van der Waals surface area contributed by atoms with Crippen molar-refractivity contribution in [2.75, 3.05) is 0 Å². The number of hydrogen-bond donors (Lipinski definition) is 2. The first-order valence-electron chi connectivity index (χ1n) is 3.89. The lowest BCUT2D eigenvalue weighted by Gasteiger charge is -2.00. The number of nitrogens with two attached hydrogens (primary N) is 2. The zero-order valence-corrected chi connectivity index (χ0v) is 8.40. The average Bonchev–Trinajstić information content (AvgIpc) is 2.16. The Balaban J connectivity index is 3.20. The largest absolute Gasteiger partial charge is 0.370 e. The van der Waals surface area contributed by atoms with Crippen molar-refractivity contribution in [2.45, 2.75) is 0 Å². The summed E-state index contributed by atoms with van der Waals surface area (Å²) in [5.74, 6) is -0.224. The monoisotopic (exact) mass is 224 g/mol. The molecule has 15 heavy (non-hydrogen) atoms. The standard InChI is InChI=1S/C8H8N4O2S/c9-8(10)11-7(15)5-3-1-2-4-6(5)12(13)14/h1-4H,(H4,9,10,11,15). The highest BCUT2D eigenvalue weighted by Crippen LogP contribution is 2.18. The number of aliphatic imine (C=N–C) groups is 1. The molecule has 0 fully saturated rings. The maximum atomic E-state index is 10.6. The fraction of sp³-hybridized carbons (Fsp3) is 0. The zero-order chi connectivity index (χ0) is 11.4. The Morgan fingerprint density at radius 1 is 1.40 bits per heavy atom. The molecule has 78 valence electrons. The van der Waals surface area contributed by atoms with E-state index >= 15 is 0 Å². The Kier molecular flexibility index (Phi) is 3.29. The van der Waals surface area contributed by atoms with Gasteiger partial charge in [0.2, 0.25) is 0 Å². The van der Waals surface area contributed by atoms with E-state index in [1.807, 2.05) is 0 Å². The van der Waals surface area contributed by atoms with Gasteiger partial charge in [-0.15, -0.1) is 0 Å². The number of thiocarbonyl (C=S) groups is 1. The van der Waals surface area contributed by atoms with Crippen molar-refractivity contribution in [3.05, 3.63) is 39.9 Å². The second-order valence-corrected chi connectivity index (χ2v) is 3.00. The quantitative estimate of drug-likeness (QED) is 0.251. The first-order chi connectivity index (χ1) is 7.02. The molecule has 1 aromatic carbocycles. The van der Waals surface area contributed by atoms with Crippen LogP contribution in [-0.4, -0.2) is 15.9 Å². The van der Waals surface area contributed by atoms with Crippen molar-refractivity contribution in [3.8, 4) is 0 Å². The number of rotatable bonds is 2. The molecule has 0 atom stereocenters. The maximum Gasteiger partial charge on any atom is 0.279 e. The molecule has 0 aromatic heterocycles. The van der Waals surface area contributed by atoms with Gasteiger partial charge in [0, 0.05) is 6.07 Å². The lowest BCUT2D eigenvalue weighted by Crippen LogP contribution is -2.24. The molecular weight excluding hydrogens is 216 g/mol. The Bertz CT molecular complexity index is 440. The van der Waals surface area contributed by atoms with Gasteiger partial charge in [-0.05, 0) is 6.07 Å². The summed E-state index contributed by atoms with van der Waals surface area (Å²) in [5, 5.41) is 10.6. The molecule has 0 heterocycles. The van der Waals surface area contributed by atoms with Crippen LogP contribution in [-0.2, 0) is 0 Å². The molecule has 0 unspecified atom stereocenters. The topological polar surface area (TPSA) is 108 Å². The number of nitro groups is 1. The molecule has 6 nitrogen and oxygen atoms in total. The highest BCUT2D eigenvalue weighted by molar-refractivity contribution is 7.80. The number of benzene rings is 1. The number of guanidine groups is 1. The lowest BCUT2D eigenvalue weighted by atomic mass is 10.2. The van der Waals surface area contributed by atoms with Crippen LogP contribution in [0.5, 0.6) is 0 Å². The Morgan fingerprint density at radius 3 is 2.53 bits per heavy atom. The van der Waals surface area contributed by atoms with E-state index in [0.717, 1.165) is 0 Å². The number of nitro benzene ring substituents is 1. The summed E-state index contributed by atoms with van der Waals surface area (Å²) in [6.45, 7) is 0. The third-order valence-corrected chi connectivity index (χ3v) is 1.87. The van der Waals surface area contributed by atoms with E-state index in [4.69, 9.17) is 23.7 Å². The van der Waals surface area contributed by atoms with Crippen LogP contribution in [0.25, 0.3) is 0 Å². The predicted molar refractivity (Wildman–Crippen MR) is 60.6 cm³/mol. The molecular formula is C8H8N4O2S. The first-order valence-corrected chi connectivity index (χ1v) is 4.30. The van der Waals surface area contributed by atoms with Crippen molar-refractivity contribution >= 4 is 28.9 Å². The van der Waals surface area contributed by atoms with Gasteiger partial charge in [-0.3, -0.25) is 10.1 Å². The SMILES string of the molecule is NC(N)=NC(=S)c1ccccc1[N+](=O)[O-]. The van der Waals surface area contributed by atoms with Crippen LogP contribution in [0.1, 0.15) is 5.56 Å². The summed E-state index contributed by atoms with van der Waals surface area (Å²) in [6.07, 6.45) is 0. The van der Waals surface area contributed by atoms with E-state index in [1.165, 1.54) is 12.1 Å². The molecule has 0 saturated carbocycles. The van der Waals surface area contributed by atoms with Crippen molar-refractivity contribution in [3.63, 3.8) is 0 Å². The van der Waals surface area contributed by atoms with Crippen LogP contribution in [0, 0.1) is 10.1 Å². The van der Waals surface area contributed by atoms with Gasteiger partial charge in [0.25, 0.3) is 5.69 Å². The molecule has 0 radical (unpaired) electrons. The smallest absolute Gasteiger partial charge is 0.279 e. The summed E-state index contributed by atoms with van der Waals surface area (Å²) in [7, 11) is 0. The van der Waals surface area contributed by atoms with E-state index in [0.29, 0.717) is 0 Å². The second-order valence-electron chi connectivity index (χ2n) is 2.62. The summed E-state index contributed by atoms with van der Waals surface area (Å²) in [5.41, 5.74) is 10.4. The molecule has 4 N–H and O–H groups in total. The highest BCUT2D eigenvalue weighted by atomic mass is 32.1. The van der Waals surface area contributed by atoms with Crippen molar-refractivity contribution in [1.82, 2.24) is 0 Å². The van der Waals surface area contributed by atoms with Crippen molar-refractivity contribution in [1.29, 1.82) is 0 Å². The molecule has 0 aliphatic heterocycles. The third-order valence-electron chi connectivity index (χ3n) is 1.56. The molecule has 1 rings (SSSR count). The van der Waals surface area contributed by atoms with Crippen LogP contribution in [0.3, 0.4) is 0 Å². The summed E-state index contributed by atoms with van der Waals surface area (Å²) < 4.78 is 0. The van der Waals surface area contributed by atoms with Crippen LogP contribution in [0.4, 0.5) is 5.69 Å². The Hall–Kier alpha value is -2.02. The van der Waals surface area contributed by atoms with E-state index in [1.54, 1.807) is 12.1 Å². The second kappa shape index (κ2) is 4.47. The summed E-state index contributed by atoms with van der Waals surface area (Å²) >= 11 is 4.85. The van der Waals surface area contributed by atoms with Crippen molar-refractivity contribution < 1.29 is 4.92 Å². The number of nitrogens with zero attached hydrogens (tertiary/aromatic N) is 2. The van der Waals surface area contributed by atoms with Gasteiger partial charge in [0.05, 0.1) is 10.5 Å². The summed E-state index contributed by atoms with van der Waals surface area (Å²) in [6, 6.07) is 5.99. The van der Waals surface area contributed by atoms with E-state index in [2.05, 4.69) is 4.99 Å². The fourth-order valence-electron chi connectivity index (χ4n) is 0.991. The molecule has 0 spiro atoms. The minimum absolute atomic E-state index is 0.00213. The molecule has 0 bridgehead atoms. The highest BCUT2D eigenvalue weighted by Gasteiger charge is 2.15. The zero-order valence-electron chi connectivity index (χ0n) is 7.58. The van der Waals surface area contributed by atoms with Gasteiger partial charge in [-0.25, -0.2) is 4.99 Å². The van der Waals surface area contributed by atoms with Crippen molar-refractivity contribution in [2.24, 2.45) is 16.5 Å². The van der Waals surface area contributed by atoms with Crippen LogP contribution in [0.15, 0.2) is 29.3 Å². The first kappa shape index (κ1) is 11.1. The van der Waals surface area contributed by atoms with E-state index in [9.17, 15) is 10.1 Å². The number of para-hydroxylation sites is 1. The van der Waals surface area contributed by atoms with Gasteiger partial charge in [0.15, 0.2) is 5.96 Å². The minimum Gasteiger partial charge on any atom is -0.370 e. The molecule has 7 heteroatoms. The van der Waals surface area contributed by atoms with Gasteiger partial charge in [0.1, 0.15) is 4.99 Å². The third kappa shape index (κ3) is 2.71. The average molecular weight is 224 g/mol. The molecule has 1 aromatic rings. The molecule has 0 aliphatic carbocycles.